The van der Waals surface area contributed by atoms with E-state index in [0.29, 0.717) is 0 Å². The van der Waals surface area contributed by atoms with Gasteiger partial charge in [0.2, 0.25) is 0 Å². The molecule has 3 heterocycles. The standard InChI is InChI=1S/C17H10F3N5O2/c18-17(19,20)10-3-1-2-4-12(10)25-15-11(23-16(25)27)8-22-14(24-15)9-7-21-6-5-13(9)26/h1-8H,(H,21,26)(H,23,27). The second kappa shape index (κ2) is 5.94. The number of pyridine rings is 1. The van der Waals surface area contributed by atoms with Crippen molar-refractivity contribution in [2.45, 2.75) is 6.18 Å². The lowest BCUT2D eigenvalue weighted by molar-refractivity contribution is -0.137. The highest BCUT2D eigenvalue weighted by molar-refractivity contribution is 5.76. The minimum absolute atomic E-state index is 0.0188. The zero-order valence-corrected chi connectivity index (χ0v) is 13.4. The first kappa shape index (κ1) is 16.8. The number of para-hydroxylation sites is 1. The van der Waals surface area contributed by atoms with E-state index < -0.39 is 17.4 Å². The van der Waals surface area contributed by atoms with Gasteiger partial charge in [0.05, 0.1) is 23.0 Å². The Kier molecular flexibility index (Phi) is 3.69. The Bertz CT molecular complexity index is 1210. The number of hydrogen-bond acceptors (Lipinski definition) is 5. The van der Waals surface area contributed by atoms with Crippen molar-refractivity contribution in [3.8, 4) is 22.8 Å². The fourth-order valence-corrected chi connectivity index (χ4v) is 2.72. The van der Waals surface area contributed by atoms with Gasteiger partial charge in [0.25, 0.3) is 0 Å². The maximum Gasteiger partial charge on any atom is 0.418 e. The number of imidazole rings is 1. The van der Waals surface area contributed by atoms with E-state index in [1.54, 1.807) is 0 Å². The lowest BCUT2D eigenvalue weighted by Gasteiger charge is -2.13. The van der Waals surface area contributed by atoms with Gasteiger partial charge in [-0.15, -0.1) is 0 Å². The molecule has 4 rings (SSSR count). The Labute approximate surface area is 148 Å². The summed E-state index contributed by atoms with van der Waals surface area (Å²) in [5.74, 6) is -0.130. The molecule has 0 aliphatic heterocycles. The molecule has 0 aliphatic rings. The van der Waals surface area contributed by atoms with Crippen molar-refractivity contribution in [3.05, 3.63) is 65.0 Å². The van der Waals surface area contributed by atoms with Crippen LogP contribution in [0, 0.1) is 0 Å². The molecule has 0 atom stereocenters. The van der Waals surface area contributed by atoms with Gasteiger partial charge in [-0.3, -0.25) is 4.98 Å². The topological polar surface area (TPSA) is 96.7 Å². The summed E-state index contributed by atoms with van der Waals surface area (Å²) < 4.78 is 40.9. The van der Waals surface area contributed by atoms with E-state index in [0.717, 1.165) is 10.6 Å². The predicted molar refractivity (Wildman–Crippen MR) is 89.4 cm³/mol. The molecule has 0 unspecified atom stereocenters. The van der Waals surface area contributed by atoms with Crippen LogP contribution in [0.3, 0.4) is 0 Å². The summed E-state index contributed by atoms with van der Waals surface area (Å²) in [4.78, 5) is 26.9. The van der Waals surface area contributed by atoms with Gasteiger partial charge < -0.3 is 10.1 Å². The van der Waals surface area contributed by atoms with Gasteiger partial charge in [0.15, 0.2) is 11.5 Å². The highest BCUT2D eigenvalue weighted by Crippen LogP contribution is 2.34. The van der Waals surface area contributed by atoms with Crippen LogP contribution in [0.1, 0.15) is 5.56 Å². The first-order valence-corrected chi connectivity index (χ1v) is 7.64. The number of benzene rings is 1. The Morgan fingerprint density at radius 3 is 2.63 bits per heavy atom. The molecule has 0 fully saturated rings. The molecule has 10 heteroatoms. The summed E-state index contributed by atoms with van der Waals surface area (Å²) in [7, 11) is 0. The largest absolute Gasteiger partial charge is 0.507 e. The Morgan fingerprint density at radius 2 is 1.89 bits per heavy atom. The number of nitrogens with zero attached hydrogens (tertiary/aromatic N) is 4. The molecule has 0 radical (unpaired) electrons. The fraction of sp³-hybridized carbons (Fsp3) is 0.0588. The summed E-state index contributed by atoms with van der Waals surface area (Å²) in [6, 6.07) is 6.02. The van der Waals surface area contributed by atoms with Crippen LogP contribution in [0.2, 0.25) is 0 Å². The van der Waals surface area contributed by atoms with Crippen molar-refractivity contribution in [1.29, 1.82) is 0 Å². The molecule has 0 saturated carbocycles. The summed E-state index contributed by atoms with van der Waals surface area (Å²) in [6.07, 6.45) is -0.715. The fourth-order valence-electron chi connectivity index (χ4n) is 2.72. The third-order valence-corrected chi connectivity index (χ3v) is 3.91. The van der Waals surface area contributed by atoms with E-state index in [1.165, 1.54) is 42.9 Å². The molecule has 0 amide bonds. The van der Waals surface area contributed by atoms with Gasteiger partial charge in [0.1, 0.15) is 11.3 Å². The zero-order chi connectivity index (χ0) is 19.2. The van der Waals surface area contributed by atoms with Gasteiger partial charge >= 0.3 is 11.9 Å². The highest BCUT2D eigenvalue weighted by atomic mass is 19.4. The predicted octanol–water partition coefficient (Wildman–Crippen LogP) is 2.90. The lowest BCUT2D eigenvalue weighted by Crippen LogP contribution is -2.19. The number of fused-ring (bicyclic) bond motifs is 1. The Hall–Kier alpha value is -3.69. The summed E-state index contributed by atoms with van der Waals surface area (Å²) in [5.41, 5.74) is -1.83. The Morgan fingerprint density at radius 1 is 1.11 bits per heavy atom. The number of H-pyrrole nitrogens is 1. The van der Waals surface area contributed by atoms with Crippen LogP contribution in [-0.4, -0.2) is 29.6 Å². The summed E-state index contributed by atoms with van der Waals surface area (Å²) >= 11 is 0. The molecule has 2 N–H and O–H groups in total. The maximum absolute atomic E-state index is 13.4. The molecular formula is C17H10F3N5O2. The van der Waals surface area contributed by atoms with Crippen LogP contribution in [0.5, 0.6) is 5.75 Å². The first-order valence-electron chi connectivity index (χ1n) is 7.64. The molecular weight excluding hydrogens is 363 g/mol. The van der Waals surface area contributed by atoms with E-state index in [1.807, 2.05) is 0 Å². The number of aromatic hydroxyl groups is 1. The molecule has 136 valence electrons. The average Bonchev–Trinajstić information content (AvgIpc) is 2.96. The third kappa shape index (κ3) is 2.80. The maximum atomic E-state index is 13.4. The normalized spacial score (nSPS) is 11.8. The third-order valence-electron chi connectivity index (χ3n) is 3.91. The number of halogens is 3. The minimum atomic E-state index is -4.66. The second-order valence-electron chi connectivity index (χ2n) is 5.60. The van der Waals surface area contributed by atoms with E-state index >= 15 is 0 Å². The first-order chi connectivity index (χ1) is 12.9. The van der Waals surface area contributed by atoms with Gasteiger partial charge in [-0.2, -0.15) is 13.2 Å². The molecule has 0 spiro atoms. The number of hydrogen-bond donors (Lipinski definition) is 2. The van der Waals surface area contributed by atoms with Crippen LogP contribution < -0.4 is 5.69 Å². The highest BCUT2D eigenvalue weighted by Gasteiger charge is 2.34. The van der Waals surface area contributed by atoms with Crippen molar-refractivity contribution in [2.75, 3.05) is 0 Å². The summed E-state index contributed by atoms with van der Waals surface area (Å²) in [5, 5.41) is 9.93. The van der Waals surface area contributed by atoms with E-state index in [9.17, 15) is 23.1 Å². The van der Waals surface area contributed by atoms with Crippen LogP contribution in [0.4, 0.5) is 13.2 Å². The van der Waals surface area contributed by atoms with Gasteiger partial charge in [-0.1, -0.05) is 12.1 Å². The number of aromatic amines is 1. The molecule has 0 bridgehead atoms. The number of nitrogens with one attached hydrogen (secondary N) is 1. The molecule has 7 nitrogen and oxygen atoms in total. The number of alkyl halides is 3. The Balaban J connectivity index is 2.01. The quantitative estimate of drug-likeness (QED) is 0.563. The number of aromatic nitrogens is 5. The van der Waals surface area contributed by atoms with Gasteiger partial charge in [-0.25, -0.2) is 19.3 Å². The average molecular weight is 373 g/mol. The van der Waals surface area contributed by atoms with E-state index in [4.69, 9.17) is 0 Å². The molecule has 1 aromatic carbocycles. The molecule has 3 aromatic heterocycles. The lowest BCUT2D eigenvalue weighted by atomic mass is 10.1. The van der Waals surface area contributed by atoms with Crippen LogP contribution in [0.25, 0.3) is 28.2 Å². The molecule has 27 heavy (non-hydrogen) atoms. The van der Waals surface area contributed by atoms with Gasteiger partial charge in [0, 0.05) is 12.4 Å². The monoisotopic (exact) mass is 373 g/mol. The van der Waals surface area contributed by atoms with Crippen molar-refractivity contribution in [1.82, 2.24) is 24.5 Å². The molecule has 0 aliphatic carbocycles. The SMILES string of the molecule is O=c1[nH]c2cnc(-c3cnccc3O)nc2n1-c1ccccc1C(F)(F)F. The van der Waals surface area contributed by atoms with Crippen molar-refractivity contribution in [2.24, 2.45) is 0 Å². The van der Waals surface area contributed by atoms with Gasteiger partial charge in [-0.05, 0) is 18.2 Å². The van der Waals surface area contributed by atoms with Crippen molar-refractivity contribution >= 4 is 11.2 Å². The molecule has 4 aromatic rings. The van der Waals surface area contributed by atoms with Crippen LogP contribution in [0.15, 0.2) is 53.7 Å². The van der Waals surface area contributed by atoms with Crippen molar-refractivity contribution in [3.63, 3.8) is 0 Å². The smallest absolute Gasteiger partial charge is 0.418 e. The van der Waals surface area contributed by atoms with Crippen LogP contribution >= 0.6 is 0 Å². The second-order valence-corrected chi connectivity index (χ2v) is 5.60. The van der Waals surface area contributed by atoms with Crippen molar-refractivity contribution < 1.29 is 18.3 Å². The molecule has 0 saturated heterocycles. The minimum Gasteiger partial charge on any atom is -0.507 e. The number of rotatable bonds is 2. The van der Waals surface area contributed by atoms with E-state index in [-0.39, 0.29) is 34.0 Å². The summed E-state index contributed by atoms with van der Waals surface area (Å²) in [6.45, 7) is 0. The zero-order valence-electron chi connectivity index (χ0n) is 13.4. The van der Waals surface area contributed by atoms with E-state index in [2.05, 4.69) is 19.9 Å². The van der Waals surface area contributed by atoms with Crippen LogP contribution in [-0.2, 0) is 6.18 Å².